The highest BCUT2D eigenvalue weighted by Gasteiger charge is 2.25. The summed E-state index contributed by atoms with van der Waals surface area (Å²) in [5.41, 5.74) is 0.101. The van der Waals surface area contributed by atoms with Crippen molar-refractivity contribution in [1.29, 1.82) is 0 Å². The first-order chi connectivity index (χ1) is 9.49. The maximum absolute atomic E-state index is 13.3. The lowest BCUT2D eigenvalue weighted by Gasteiger charge is -2.20. The van der Waals surface area contributed by atoms with Crippen LogP contribution in [0.25, 0.3) is 0 Å². The molecule has 20 heavy (non-hydrogen) atoms. The zero-order chi connectivity index (χ0) is 15.1. The molecular weight excluding hydrogens is 267 g/mol. The predicted octanol–water partition coefficient (Wildman–Crippen LogP) is 1.57. The lowest BCUT2D eigenvalue weighted by atomic mass is 10.0. The van der Waals surface area contributed by atoms with Crippen LogP contribution in [0.3, 0.4) is 0 Å². The quantitative estimate of drug-likeness (QED) is 0.744. The van der Waals surface area contributed by atoms with Crippen LogP contribution in [-0.2, 0) is 9.53 Å². The Morgan fingerprint density at radius 1 is 1.30 bits per heavy atom. The van der Waals surface area contributed by atoms with Crippen LogP contribution >= 0.6 is 0 Å². The van der Waals surface area contributed by atoms with Crippen LogP contribution in [0.1, 0.15) is 31.9 Å². The molecule has 0 spiro atoms. The van der Waals surface area contributed by atoms with Crippen LogP contribution in [0.5, 0.6) is 5.75 Å². The third-order valence-corrected chi connectivity index (χ3v) is 2.64. The van der Waals surface area contributed by atoms with Crippen molar-refractivity contribution in [3.05, 3.63) is 29.6 Å². The fourth-order valence-corrected chi connectivity index (χ4v) is 1.75. The summed E-state index contributed by atoms with van der Waals surface area (Å²) in [5, 5.41) is 19.9. The molecule has 2 atom stereocenters. The smallest absolute Gasteiger partial charge is 0.308 e. The topological polar surface area (TPSA) is 76.0 Å². The van der Waals surface area contributed by atoms with Crippen molar-refractivity contribution in [3.8, 4) is 5.75 Å². The standard InChI is InChI=1S/C14H19FO5/c1-3-19-12-6-5-9(15)7-10(12)14(18)11(16)8-13(17)20-4-2/h5-7,11,14,16,18H,3-4,8H2,1-2H3. The summed E-state index contributed by atoms with van der Waals surface area (Å²) in [5.74, 6) is -0.927. The van der Waals surface area contributed by atoms with E-state index in [-0.39, 0.29) is 24.3 Å². The van der Waals surface area contributed by atoms with Crippen molar-refractivity contribution in [2.24, 2.45) is 0 Å². The Morgan fingerprint density at radius 3 is 2.60 bits per heavy atom. The van der Waals surface area contributed by atoms with E-state index in [0.29, 0.717) is 6.61 Å². The Kier molecular flexibility index (Phi) is 6.41. The summed E-state index contributed by atoms with van der Waals surface area (Å²) < 4.78 is 23.2. The molecule has 0 bridgehead atoms. The summed E-state index contributed by atoms with van der Waals surface area (Å²) in [7, 11) is 0. The molecule has 5 nitrogen and oxygen atoms in total. The van der Waals surface area contributed by atoms with Crippen LogP contribution in [0, 0.1) is 5.82 Å². The lowest BCUT2D eigenvalue weighted by molar-refractivity contribution is -0.147. The first-order valence-corrected chi connectivity index (χ1v) is 6.43. The van der Waals surface area contributed by atoms with Crippen LogP contribution in [0.2, 0.25) is 0 Å². The molecule has 0 heterocycles. The Labute approximate surface area is 116 Å². The van der Waals surface area contributed by atoms with Crippen LogP contribution in [-0.4, -0.2) is 35.5 Å². The van der Waals surface area contributed by atoms with E-state index in [0.717, 1.165) is 6.07 Å². The van der Waals surface area contributed by atoms with Crippen molar-refractivity contribution in [2.45, 2.75) is 32.5 Å². The summed E-state index contributed by atoms with van der Waals surface area (Å²) in [4.78, 5) is 11.3. The van der Waals surface area contributed by atoms with Crippen LogP contribution < -0.4 is 4.74 Å². The molecule has 0 aliphatic heterocycles. The molecule has 1 rings (SSSR count). The largest absolute Gasteiger partial charge is 0.493 e. The van der Waals surface area contributed by atoms with Gasteiger partial charge >= 0.3 is 5.97 Å². The second-order valence-corrected chi connectivity index (χ2v) is 4.14. The predicted molar refractivity (Wildman–Crippen MR) is 69.8 cm³/mol. The first-order valence-electron chi connectivity index (χ1n) is 6.43. The molecule has 0 fully saturated rings. The normalized spacial score (nSPS) is 13.7. The molecule has 2 unspecified atom stereocenters. The van der Waals surface area contributed by atoms with Gasteiger partial charge in [0.2, 0.25) is 0 Å². The minimum atomic E-state index is -1.43. The molecule has 112 valence electrons. The number of benzene rings is 1. The average Bonchev–Trinajstić information content (AvgIpc) is 2.40. The Hall–Kier alpha value is -1.66. The Morgan fingerprint density at radius 2 is 2.00 bits per heavy atom. The number of hydrogen-bond acceptors (Lipinski definition) is 5. The minimum Gasteiger partial charge on any atom is -0.493 e. The third kappa shape index (κ3) is 4.47. The zero-order valence-electron chi connectivity index (χ0n) is 11.5. The summed E-state index contributed by atoms with van der Waals surface area (Å²) in [6.45, 7) is 3.90. The number of carbonyl (C=O) groups is 1. The van der Waals surface area contributed by atoms with Gasteiger partial charge in [0.05, 0.1) is 25.7 Å². The number of aliphatic hydroxyl groups is 2. The highest BCUT2D eigenvalue weighted by atomic mass is 19.1. The SMILES string of the molecule is CCOC(=O)CC(O)C(O)c1cc(F)ccc1OCC. The number of carbonyl (C=O) groups excluding carboxylic acids is 1. The molecule has 0 radical (unpaired) electrons. The second-order valence-electron chi connectivity index (χ2n) is 4.14. The first kappa shape index (κ1) is 16.4. The number of halogens is 1. The number of ether oxygens (including phenoxy) is 2. The van der Waals surface area contributed by atoms with Crippen molar-refractivity contribution >= 4 is 5.97 Å². The van der Waals surface area contributed by atoms with Crippen molar-refractivity contribution in [2.75, 3.05) is 13.2 Å². The van der Waals surface area contributed by atoms with E-state index >= 15 is 0 Å². The van der Waals surface area contributed by atoms with E-state index in [1.807, 2.05) is 0 Å². The van der Waals surface area contributed by atoms with Gasteiger partial charge in [0, 0.05) is 5.56 Å². The van der Waals surface area contributed by atoms with Crippen molar-refractivity contribution in [3.63, 3.8) is 0 Å². The molecule has 6 heteroatoms. The minimum absolute atomic E-state index is 0.101. The number of aliphatic hydroxyl groups excluding tert-OH is 2. The Balaban J connectivity index is 2.86. The van der Waals surface area contributed by atoms with Gasteiger partial charge in [-0.25, -0.2) is 4.39 Å². The molecule has 1 aromatic rings. The van der Waals surface area contributed by atoms with E-state index < -0.39 is 24.0 Å². The van der Waals surface area contributed by atoms with E-state index in [4.69, 9.17) is 4.74 Å². The van der Waals surface area contributed by atoms with Gasteiger partial charge in [-0.1, -0.05) is 0 Å². The summed E-state index contributed by atoms with van der Waals surface area (Å²) in [6, 6.07) is 3.64. The van der Waals surface area contributed by atoms with Crippen molar-refractivity contribution < 1.29 is 28.9 Å². The summed E-state index contributed by atoms with van der Waals surface area (Å²) >= 11 is 0. The Bertz CT molecular complexity index is 449. The van der Waals surface area contributed by atoms with E-state index in [1.54, 1.807) is 13.8 Å². The molecule has 0 aromatic heterocycles. The molecule has 0 aliphatic rings. The highest BCUT2D eigenvalue weighted by molar-refractivity contribution is 5.70. The second kappa shape index (κ2) is 7.81. The molecule has 0 amide bonds. The van der Waals surface area contributed by atoms with Crippen molar-refractivity contribution in [1.82, 2.24) is 0 Å². The maximum Gasteiger partial charge on any atom is 0.308 e. The fraction of sp³-hybridized carbons (Fsp3) is 0.500. The number of hydrogen-bond donors (Lipinski definition) is 2. The molecule has 2 N–H and O–H groups in total. The lowest BCUT2D eigenvalue weighted by Crippen LogP contribution is -2.23. The van der Waals surface area contributed by atoms with Gasteiger partial charge in [-0.2, -0.15) is 0 Å². The van der Waals surface area contributed by atoms with Gasteiger partial charge in [-0.05, 0) is 32.0 Å². The molecule has 0 saturated heterocycles. The van der Waals surface area contributed by atoms with Gasteiger partial charge in [-0.3, -0.25) is 4.79 Å². The van der Waals surface area contributed by atoms with Crippen LogP contribution in [0.4, 0.5) is 4.39 Å². The highest BCUT2D eigenvalue weighted by Crippen LogP contribution is 2.29. The number of rotatable bonds is 7. The summed E-state index contributed by atoms with van der Waals surface area (Å²) in [6.07, 6.45) is -3.21. The van der Waals surface area contributed by atoms with Gasteiger partial charge < -0.3 is 19.7 Å². The number of esters is 1. The third-order valence-electron chi connectivity index (χ3n) is 2.64. The van der Waals surface area contributed by atoms with Gasteiger partial charge in [-0.15, -0.1) is 0 Å². The monoisotopic (exact) mass is 286 g/mol. The molecule has 1 aromatic carbocycles. The molecule has 0 aliphatic carbocycles. The fourth-order valence-electron chi connectivity index (χ4n) is 1.75. The van der Waals surface area contributed by atoms with Gasteiger partial charge in [0.25, 0.3) is 0 Å². The molecular formula is C14H19FO5. The van der Waals surface area contributed by atoms with E-state index in [2.05, 4.69) is 4.74 Å². The van der Waals surface area contributed by atoms with Gasteiger partial charge in [0.15, 0.2) is 0 Å². The average molecular weight is 286 g/mol. The zero-order valence-corrected chi connectivity index (χ0v) is 11.5. The van der Waals surface area contributed by atoms with E-state index in [9.17, 15) is 19.4 Å². The van der Waals surface area contributed by atoms with E-state index in [1.165, 1.54) is 12.1 Å². The van der Waals surface area contributed by atoms with Crippen LogP contribution in [0.15, 0.2) is 18.2 Å². The maximum atomic E-state index is 13.3. The molecule has 0 saturated carbocycles. The van der Waals surface area contributed by atoms with Gasteiger partial charge in [0.1, 0.15) is 17.7 Å².